The molecule has 1 N–H and O–H groups in total. The maximum Gasteiger partial charge on any atom is 0.305 e. The molecule has 16 heavy (non-hydrogen) atoms. The first-order valence-electron chi connectivity index (χ1n) is 5.45. The highest BCUT2D eigenvalue weighted by Gasteiger charge is 2.30. The first kappa shape index (κ1) is 10.9. The van der Waals surface area contributed by atoms with Crippen molar-refractivity contribution >= 4 is 11.8 Å². The van der Waals surface area contributed by atoms with Gasteiger partial charge in [-0.15, -0.1) is 0 Å². The first-order chi connectivity index (χ1) is 7.66. The molecule has 5 nitrogen and oxygen atoms in total. The highest BCUT2D eigenvalue weighted by atomic mass is 16.4. The molecule has 0 aromatic carbocycles. The average Bonchev–Trinajstić information content (AvgIpc) is 3.02. The maximum absolute atomic E-state index is 10.6. The lowest BCUT2D eigenvalue weighted by molar-refractivity contribution is -0.136. The number of aliphatic carboxylic acids is 1. The second-order valence-corrected chi connectivity index (χ2v) is 4.03. The predicted octanol–water partition coefficient (Wildman–Crippen LogP) is 1.23. The van der Waals surface area contributed by atoms with Crippen molar-refractivity contribution in [1.29, 1.82) is 0 Å². The molecule has 1 saturated carbocycles. The van der Waals surface area contributed by atoms with Crippen LogP contribution in [-0.2, 0) is 4.79 Å². The smallest absolute Gasteiger partial charge is 0.305 e. The summed E-state index contributed by atoms with van der Waals surface area (Å²) in [6.07, 6.45) is 4.12. The molecule has 2 rings (SSSR count). The lowest BCUT2D eigenvalue weighted by Crippen LogP contribution is -2.29. The highest BCUT2D eigenvalue weighted by Crippen LogP contribution is 2.30. The van der Waals surface area contributed by atoms with Crippen molar-refractivity contribution in [1.82, 2.24) is 9.97 Å². The van der Waals surface area contributed by atoms with E-state index in [2.05, 4.69) is 14.9 Å². The van der Waals surface area contributed by atoms with Gasteiger partial charge in [-0.25, -0.2) is 9.97 Å². The Morgan fingerprint density at radius 1 is 1.62 bits per heavy atom. The van der Waals surface area contributed by atoms with E-state index in [-0.39, 0.29) is 6.42 Å². The number of anilines is 1. The van der Waals surface area contributed by atoms with E-state index < -0.39 is 5.97 Å². The first-order valence-corrected chi connectivity index (χ1v) is 5.45. The van der Waals surface area contributed by atoms with Crippen LogP contribution < -0.4 is 4.90 Å². The van der Waals surface area contributed by atoms with Crippen LogP contribution in [-0.4, -0.2) is 33.6 Å². The molecular weight excluding hydrogens is 206 g/mol. The summed E-state index contributed by atoms with van der Waals surface area (Å²) in [4.78, 5) is 21.0. The van der Waals surface area contributed by atoms with E-state index in [0.29, 0.717) is 12.6 Å². The SMILES string of the molecule is Cc1nccc(N(CCC(=O)O)C2CC2)n1. The number of hydrogen-bond acceptors (Lipinski definition) is 4. The largest absolute Gasteiger partial charge is 0.481 e. The molecular formula is C11H15N3O2. The van der Waals surface area contributed by atoms with Crippen LogP contribution in [0.4, 0.5) is 5.82 Å². The van der Waals surface area contributed by atoms with Gasteiger partial charge in [0.05, 0.1) is 6.42 Å². The van der Waals surface area contributed by atoms with Crippen LogP contribution in [0.5, 0.6) is 0 Å². The molecule has 1 heterocycles. The third-order valence-corrected chi connectivity index (χ3v) is 2.61. The molecule has 0 aliphatic heterocycles. The minimum atomic E-state index is -0.767. The predicted molar refractivity (Wildman–Crippen MR) is 59.4 cm³/mol. The van der Waals surface area contributed by atoms with Crippen LogP contribution in [0.1, 0.15) is 25.1 Å². The van der Waals surface area contributed by atoms with Crippen LogP contribution in [0.25, 0.3) is 0 Å². The minimum Gasteiger partial charge on any atom is -0.481 e. The van der Waals surface area contributed by atoms with Crippen LogP contribution in [0.3, 0.4) is 0 Å². The Morgan fingerprint density at radius 3 is 2.94 bits per heavy atom. The van der Waals surface area contributed by atoms with Crippen molar-refractivity contribution in [3.8, 4) is 0 Å². The van der Waals surface area contributed by atoms with Crippen LogP contribution in [0.2, 0.25) is 0 Å². The fourth-order valence-electron chi connectivity index (χ4n) is 1.69. The Kier molecular flexibility index (Phi) is 3.03. The Morgan fingerprint density at radius 2 is 2.38 bits per heavy atom. The normalized spacial score (nSPS) is 14.8. The molecule has 86 valence electrons. The zero-order chi connectivity index (χ0) is 11.5. The van der Waals surface area contributed by atoms with E-state index in [1.165, 1.54) is 0 Å². The number of rotatable bonds is 5. The molecule has 0 atom stereocenters. The molecule has 1 aromatic rings. The summed E-state index contributed by atoms with van der Waals surface area (Å²) >= 11 is 0. The van der Waals surface area contributed by atoms with Crippen LogP contribution >= 0.6 is 0 Å². The van der Waals surface area contributed by atoms with E-state index in [0.717, 1.165) is 24.5 Å². The lowest BCUT2D eigenvalue weighted by atomic mass is 10.3. The molecule has 0 radical (unpaired) electrons. The standard InChI is InChI=1S/C11H15N3O2/c1-8-12-6-4-10(13-8)14(9-2-3-9)7-5-11(15)16/h4,6,9H,2-3,5,7H2,1H3,(H,15,16). The number of hydrogen-bond donors (Lipinski definition) is 1. The summed E-state index contributed by atoms with van der Waals surface area (Å²) in [5.74, 6) is 0.797. The van der Waals surface area contributed by atoms with Crippen molar-refractivity contribution in [3.63, 3.8) is 0 Å². The van der Waals surface area contributed by atoms with Gasteiger partial charge in [-0.05, 0) is 25.8 Å². The summed E-state index contributed by atoms with van der Waals surface area (Å²) in [5, 5.41) is 8.71. The second kappa shape index (κ2) is 4.47. The van der Waals surface area contributed by atoms with E-state index in [4.69, 9.17) is 5.11 Å². The van der Waals surface area contributed by atoms with Crippen LogP contribution in [0, 0.1) is 6.92 Å². The van der Waals surface area contributed by atoms with Crippen molar-refractivity contribution in [2.24, 2.45) is 0 Å². The molecule has 1 aliphatic rings. The van der Waals surface area contributed by atoms with E-state index in [1.807, 2.05) is 13.0 Å². The molecule has 0 bridgehead atoms. The summed E-state index contributed by atoms with van der Waals surface area (Å²) in [6.45, 7) is 2.36. The number of carboxylic acid groups (broad SMARTS) is 1. The third kappa shape index (κ3) is 2.68. The fraction of sp³-hybridized carbons (Fsp3) is 0.545. The quantitative estimate of drug-likeness (QED) is 0.810. The lowest BCUT2D eigenvalue weighted by Gasteiger charge is -2.22. The van der Waals surface area contributed by atoms with Crippen molar-refractivity contribution in [3.05, 3.63) is 18.1 Å². The van der Waals surface area contributed by atoms with E-state index in [9.17, 15) is 4.79 Å². The highest BCUT2D eigenvalue weighted by molar-refractivity contribution is 5.67. The average molecular weight is 221 g/mol. The van der Waals surface area contributed by atoms with Crippen molar-refractivity contribution in [2.75, 3.05) is 11.4 Å². The molecule has 0 saturated heterocycles. The van der Waals surface area contributed by atoms with Gasteiger partial charge in [0.1, 0.15) is 11.6 Å². The van der Waals surface area contributed by atoms with E-state index in [1.54, 1.807) is 6.20 Å². The molecule has 0 amide bonds. The number of nitrogens with zero attached hydrogens (tertiary/aromatic N) is 3. The van der Waals surface area contributed by atoms with Crippen molar-refractivity contribution in [2.45, 2.75) is 32.2 Å². The molecule has 1 aromatic heterocycles. The fourth-order valence-corrected chi connectivity index (χ4v) is 1.69. The van der Waals surface area contributed by atoms with E-state index >= 15 is 0 Å². The van der Waals surface area contributed by atoms with Gasteiger partial charge >= 0.3 is 5.97 Å². The topological polar surface area (TPSA) is 66.3 Å². The van der Waals surface area contributed by atoms with Gasteiger partial charge < -0.3 is 10.0 Å². The van der Waals surface area contributed by atoms with Gasteiger partial charge in [0.2, 0.25) is 0 Å². The summed E-state index contributed by atoms with van der Waals surface area (Å²) < 4.78 is 0. The molecule has 0 unspecified atom stereocenters. The molecule has 5 heteroatoms. The Hall–Kier alpha value is -1.65. The van der Waals surface area contributed by atoms with Gasteiger partial charge in [-0.2, -0.15) is 0 Å². The molecule has 0 spiro atoms. The molecule has 1 aliphatic carbocycles. The Labute approximate surface area is 94.1 Å². The zero-order valence-electron chi connectivity index (χ0n) is 9.26. The molecule has 1 fully saturated rings. The van der Waals surface area contributed by atoms with Gasteiger partial charge in [-0.1, -0.05) is 0 Å². The zero-order valence-corrected chi connectivity index (χ0v) is 9.26. The number of carbonyl (C=O) groups is 1. The number of aromatic nitrogens is 2. The Bertz CT molecular complexity index is 391. The minimum absolute atomic E-state index is 0.152. The number of carboxylic acids is 1. The second-order valence-electron chi connectivity index (χ2n) is 4.03. The van der Waals surface area contributed by atoms with Gasteiger partial charge in [0.25, 0.3) is 0 Å². The maximum atomic E-state index is 10.6. The monoisotopic (exact) mass is 221 g/mol. The Balaban J connectivity index is 2.09. The summed E-state index contributed by atoms with van der Waals surface area (Å²) in [7, 11) is 0. The summed E-state index contributed by atoms with van der Waals surface area (Å²) in [5.41, 5.74) is 0. The summed E-state index contributed by atoms with van der Waals surface area (Å²) in [6, 6.07) is 2.31. The third-order valence-electron chi connectivity index (χ3n) is 2.61. The number of aryl methyl sites for hydroxylation is 1. The van der Waals surface area contributed by atoms with Gasteiger partial charge in [-0.3, -0.25) is 4.79 Å². The van der Waals surface area contributed by atoms with Crippen LogP contribution in [0.15, 0.2) is 12.3 Å². The van der Waals surface area contributed by atoms with Gasteiger partial charge in [0.15, 0.2) is 0 Å². The van der Waals surface area contributed by atoms with Gasteiger partial charge in [0, 0.05) is 18.8 Å². The van der Waals surface area contributed by atoms with Crippen molar-refractivity contribution < 1.29 is 9.90 Å².